The number of carboxylic acid groups (broad SMARTS) is 2. The van der Waals surface area contributed by atoms with Gasteiger partial charge in [-0.05, 0) is 26.3 Å². The van der Waals surface area contributed by atoms with Crippen LogP contribution in [-0.4, -0.2) is 88.1 Å². The van der Waals surface area contributed by atoms with Crippen molar-refractivity contribution < 1.29 is 48.9 Å². The van der Waals surface area contributed by atoms with Crippen LogP contribution in [0.3, 0.4) is 0 Å². The molecule has 0 aromatic carbocycles. The van der Waals surface area contributed by atoms with E-state index in [2.05, 4.69) is 14.5 Å². The van der Waals surface area contributed by atoms with Crippen molar-refractivity contribution in [3.05, 3.63) is 46.0 Å². The molecule has 14 nitrogen and oxygen atoms in total. The van der Waals surface area contributed by atoms with E-state index in [0.29, 0.717) is 16.8 Å². The first-order chi connectivity index (χ1) is 17.2. The van der Waals surface area contributed by atoms with Gasteiger partial charge in [-0.2, -0.15) is 0 Å². The van der Waals surface area contributed by atoms with Crippen LogP contribution in [0.25, 0.3) is 0 Å². The van der Waals surface area contributed by atoms with E-state index in [9.17, 15) is 34.6 Å². The summed E-state index contributed by atoms with van der Waals surface area (Å²) in [6.07, 6.45) is 2.84. The van der Waals surface area contributed by atoms with Crippen molar-refractivity contribution in [2.24, 2.45) is 0 Å². The van der Waals surface area contributed by atoms with E-state index >= 15 is 0 Å². The largest absolute Gasteiger partial charge is 0.506 e. The molecule has 0 radical (unpaired) electrons. The molecule has 0 atom stereocenters. The van der Waals surface area contributed by atoms with E-state index in [1.54, 1.807) is 20.0 Å². The molecule has 2 rings (SSSR count). The standard InChI is InChI=1S/C22H31N4O10P/c1-13-6-23-14(2)21(31)17(13)8-25(10-19(27)28)4-5-26(11-20(29)30)9-18-16(12-36-37(33,34)35)7-24-15(3)22(18)32/h6-7,31-32H,4-5,8-12H2,1-3H3,(H,27,28)(H,29,30)(H2,33,34,35). The molecule has 0 aliphatic rings. The number of aromatic hydroxyl groups is 2. The smallest absolute Gasteiger partial charge is 0.469 e. The van der Waals surface area contributed by atoms with Crippen LogP contribution in [0.5, 0.6) is 11.5 Å². The molecule has 0 amide bonds. The Morgan fingerprint density at radius 2 is 1.32 bits per heavy atom. The van der Waals surface area contributed by atoms with E-state index in [0.717, 1.165) is 0 Å². The van der Waals surface area contributed by atoms with Crippen molar-refractivity contribution in [2.45, 2.75) is 40.5 Å². The Bertz CT molecular complexity index is 1190. The van der Waals surface area contributed by atoms with Gasteiger partial charge in [0.25, 0.3) is 0 Å². The molecule has 204 valence electrons. The number of nitrogens with zero attached hydrogens (tertiary/aromatic N) is 4. The van der Waals surface area contributed by atoms with Crippen LogP contribution in [0, 0.1) is 20.8 Å². The number of hydrogen-bond donors (Lipinski definition) is 6. The summed E-state index contributed by atoms with van der Waals surface area (Å²) in [5.41, 5.74) is 2.08. The third-order valence-corrected chi connectivity index (χ3v) is 6.05. The van der Waals surface area contributed by atoms with Crippen LogP contribution in [0.15, 0.2) is 12.4 Å². The number of phosphoric acid groups is 1. The Labute approximate surface area is 213 Å². The predicted octanol–water partition coefficient (Wildman–Crippen LogP) is 0.896. The maximum atomic E-state index is 11.5. The van der Waals surface area contributed by atoms with E-state index in [4.69, 9.17) is 9.79 Å². The first kappa shape index (κ1) is 30.1. The number of hydrogen-bond acceptors (Lipinski definition) is 10. The molecule has 0 saturated heterocycles. The molecule has 0 fully saturated rings. The Hall–Kier alpha value is -3.13. The van der Waals surface area contributed by atoms with Crippen LogP contribution < -0.4 is 0 Å². The lowest BCUT2D eigenvalue weighted by Gasteiger charge is -2.27. The van der Waals surface area contributed by atoms with E-state index in [1.807, 2.05) is 0 Å². The average molecular weight is 542 g/mol. The van der Waals surface area contributed by atoms with Crippen molar-refractivity contribution in [2.75, 3.05) is 26.2 Å². The average Bonchev–Trinajstić information content (AvgIpc) is 2.78. The summed E-state index contributed by atoms with van der Waals surface area (Å²) < 4.78 is 15.7. The third-order valence-electron chi connectivity index (χ3n) is 5.59. The number of carboxylic acids is 2. The molecule has 0 aliphatic carbocycles. The second-order valence-corrected chi connectivity index (χ2v) is 9.76. The quantitative estimate of drug-likeness (QED) is 0.183. The number of aliphatic carboxylic acids is 2. The van der Waals surface area contributed by atoms with Gasteiger partial charge in [-0.15, -0.1) is 0 Å². The predicted molar refractivity (Wildman–Crippen MR) is 129 cm³/mol. The van der Waals surface area contributed by atoms with Crippen molar-refractivity contribution in [3.8, 4) is 11.5 Å². The molecule has 2 aromatic rings. The lowest BCUT2D eigenvalue weighted by atomic mass is 10.1. The number of pyridine rings is 2. The maximum Gasteiger partial charge on any atom is 0.469 e. The molecule has 15 heteroatoms. The van der Waals surface area contributed by atoms with Crippen LogP contribution in [0.1, 0.15) is 33.6 Å². The highest BCUT2D eigenvalue weighted by molar-refractivity contribution is 7.46. The molecule has 2 heterocycles. The van der Waals surface area contributed by atoms with Gasteiger partial charge in [-0.25, -0.2) is 4.57 Å². The number of aryl methyl sites for hydroxylation is 3. The molecule has 37 heavy (non-hydrogen) atoms. The lowest BCUT2D eigenvalue weighted by molar-refractivity contribution is -0.140. The molecule has 0 aliphatic heterocycles. The normalized spacial score (nSPS) is 11.9. The highest BCUT2D eigenvalue weighted by Crippen LogP contribution is 2.38. The van der Waals surface area contributed by atoms with Crippen molar-refractivity contribution in [1.29, 1.82) is 0 Å². The highest BCUT2D eigenvalue weighted by Gasteiger charge is 2.22. The zero-order valence-electron chi connectivity index (χ0n) is 20.7. The van der Waals surface area contributed by atoms with Crippen molar-refractivity contribution in [1.82, 2.24) is 19.8 Å². The summed E-state index contributed by atoms with van der Waals surface area (Å²) in [6.45, 7) is 3.46. The molecule has 2 aromatic heterocycles. The second-order valence-electron chi connectivity index (χ2n) is 8.52. The first-order valence-electron chi connectivity index (χ1n) is 11.1. The monoisotopic (exact) mass is 542 g/mol. The van der Waals surface area contributed by atoms with Crippen molar-refractivity contribution >= 4 is 19.8 Å². The molecular weight excluding hydrogens is 511 g/mol. The Balaban J connectivity index is 2.29. The molecule has 0 spiro atoms. The second kappa shape index (κ2) is 12.9. The number of carbonyl (C=O) groups is 2. The van der Waals surface area contributed by atoms with Crippen LogP contribution in [-0.2, 0) is 38.4 Å². The lowest BCUT2D eigenvalue weighted by Crippen LogP contribution is -2.39. The van der Waals surface area contributed by atoms with Gasteiger partial charge in [0.1, 0.15) is 11.5 Å². The number of aromatic nitrogens is 2. The topological polar surface area (TPSA) is 214 Å². The summed E-state index contributed by atoms with van der Waals surface area (Å²) in [4.78, 5) is 52.1. The summed E-state index contributed by atoms with van der Waals surface area (Å²) >= 11 is 0. The van der Waals surface area contributed by atoms with Gasteiger partial charge < -0.3 is 30.2 Å². The summed E-state index contributed by atoms with van der Waals surface area (Å²) in [5.74, 6) is -2.63. The fourth-order valence-corrected chi connectivity index (χ4v) is 3.92. The summed E-state index contributed by atoms with van der Waals surface area (Å²) in [6, 6.07) is 0. The third kappa shape index (κ3) is 9.35. The molecule has 6 N–H and O–H groups in total. The first-order valence-corrected chi connectivity index (χ1v) is 12.6. The van der Waals surface area contributed by atoms with E-state index in [1.165, 1.54) is 22.9 Å². The molecular formula is C22H31N4O10P. The van der Waals surface area contributed by atoms with Gasteiger partial charge in [0.2, 0.25) is 0 Å². The van der Waals surface area contributed by atoms with E-state index < -0.39 is 32.9 Å². The number of rotatable bonds is 14. The summed E-state index contributed by atoms with van der Waals surface area (Å²) in [7, 11) is -4.82. The minimum Gasteiger partial charge on any atom is -0.506 e. The van der Waals surface area contributed by atoms with Crippen LogP contribution >= 0.6 is 7.82 Å². The van der Waals surface area contributed by atoms with Gasteiger partial charge >= 0.3 is 19.8 Å². The zero-order chi connectivity index (χ0) is 27.9. The fourth-order valence-electron chi connectivity index (χ4n) is 3.62. The van der Waals surface area contributed by atoms with Gasteiger partial charge in [0.15, 0.2) is 0 Å². The van der Waals surface area contributed by atoms with Gasteiger partial charge in [0, 0.05) is 55.3 Å². The SMILES string of the molecule is Cc1cnc(C)c(O)c1CN(CCN(CC(=O)O)Cc1c(COP(=O)(O)O)cnc(C)c1O)CC(=O)O. The minimum atomic E-state index is -4.82. The molecule has 0 bridgehead atoms. The van der Waals surface area contributed by atoms with Crippen molar-refractivity contribution in [3.63, 3.8) is 0 Å². The minimum absolute atomic E-state index is 0.0447. The fraction of sp³-hybridized carbons (Fsp3) is 0.455. The zero-order valence-corrected chi connectivity index (χ0v) is 21.6. The maximum absolute atomic E-state index is 11.5. The van der Waals surface area contributed by atoms with Gasteiger partial charge in [0.05, 0.1) is 31.1 Å². The van der Waals surface area contributed by atoms with Crippen LogP contribution in [0.2, 0.25) is 0 Å². The summed E-state index contributed by atoms with van der Waals surface area (Å²) in [5, 5.41) is 39.8. The van der Waals surface area contributed by atoms with Gasteiger partial charge in [-0.1, -0.05) is 0 Å². The molecule has 0 unspecified atom stereocenters. The number of phosphoric ester groups is 1. The Kier molecular flexibility index (Phi) is 10.5. The highest BCUT2D eigenvalue weighted by atomic mass is 31.2. The van der Waals surface area contributed by atoms with Crippen LogP contribution in [0.4, 0.5) is 0 Å². The Morgan fingerprint density at radius 1 is 0.865 bits per heavy atom. The van der Waals surface area contributed by atoms with Gasteiger partial charge in [-0.3, -0.25) is 33.9 Å². The van der Waals surface area contributed by atoms with E-state index in [-0.39, 0.29) is 61.0 Å². The Morgan fingerprint density at radius 3 is 1.81 bits per heavy atom. The molecule has 0 saturated carbocycles.